The van der Waals surface area contributed by atoms with E-state index in [0.717, 1.165) is 0 Å². The summed E-state index contributed by atoms with van der Waals surface area (Å²) in [6.45, 7) is 0.139. The molecule has 0 atom stereocenters. The number of nitrogens with one attached hydrogen (secondary N) is 3. The highest BCUT2D eigenvalue weighted by Gasteiger charge is 2.18. The Hall–Kier alpha value is -3.94. The number of carbonyl (C=O) groups is 2. The van der Waals surface area contributed by atoms with E-state index in [-0.39, 0.29) is 23.8 Å². The van der Waals surface area contributed by atoms with Crippen molar-refractivity contribution in [3.8, 4) is 11.5 Å². The zero-order valence-corrected chi connectivity index (χ0v) is 14.5. The van der Waals surface area contributed by atoms with Gasteiger partial charge in [-0.15, -0.1) is 0 Å². The van der Waals surface area contributed by atoms with Crippen molar-refractivity contribution >= 4 is 29.0 Å². The molecule has 0 saturated heterocycles. The van der Waals surface area contributed by atoms with Crippen LogP contribution in [0.3, 0.4) is 0 Å². The highest BCUT2D eigenvalue weighted by Crippen LogP contribution is 2.30. The molecule has 0 saturated carbocycles. The molecule has 8 heteroatoms. The van der Waals surface area contributed by atoms with Gasteiger partial charge in [-0.2, -0.15) is 0 Å². The van der Waals surface area contributed by atoms with Crippen LogP contribution in [0, 0.1) is 5.82 Å². The molecule has 1 aromatic heterocycles. The van der Waals surface area contributed by atoms with Gasteiger partial charge in [0.15, 0.2) is 5.75 Å². The predicted octanol–water partition coefficient (Wildman–Crippen LogP) is 3.63. The number of para-hydroxylation sites is 2. The van der Waals surface area contributed by atoms with Crippen molar-refractivity contribution in [2.45, 2.75) is 0 Å². The van der Waals surface area contributed by atoms with E-state index in [0.29, 0.717) is 28.7 Å². The van der Waals surface area contributed by atoms with Crippen LogP contribution in [0.4, 0.5) is 21.6 Å². The Morgan fingerprint density at radius 2 is 1.93 bits per heavy atom. The topological polar surface area (TPSA) is 92.4 Å². The van der Waals surface area contributed by atoms with Gasteiger partial charge in [-0.05, 0) is 42.5 Å². The van der Waals surface area contributed by atoms with Crippen LogP contribution < -0.4 is 20.7 Å². The molecule has 1 aliphatic heterocycles. The van der Waals surface area contributed by atoms with E-state index in [4.69, 9.17) is 4.74 Å². The number of fused-ring (bicyclic) bond motifs is 1. The fourth-order valence-corrected chi connectivity index (χ4v) is 2.67. The first-order valence-corrected chi connectivity index (χ1v) is 8.46. The molecule has 2 amide bonds. The lowest BCUT2D eigenvalue weighted by atomic mass is 10.2. The standard InChI is InChI=1S/C20H15FN4O3/c21-13-5-7-14(8-6-13)28-17-4-2-1-3-15(17)25-20(27)12-9-16-19(22-10-12)23-11-18(26)24-16/h1-10H,11H2,(H,22,23)(H,24,26)(H,25,27). The van der Waals surface area contributed by atoms with Crippen molar-refractivity contribution in [3.05, 3.63) is 72.2 Å². The summed E-state index contributed by atoms with van der Waals surface area (Å²) in [7, 11) is 0. The molecule has 0 fully saturated rings. The molecular weight excluding hydrogens is 363 g/mol. The lowest BCUT2D eigenvalue weighted by Gasteiger charge is -2.18. The van der Waals surface area contributed by atoms with Crippen LogP contribution in [-0.4, -0.2) is 23.3 Å². The molecule has 2 aromatic carbocycles. The second-order valence-corrected chi connectivity index (χ2v) is 6.03. The van der Waals surface area contributed by atoms with Crippen LogP contribution in [0.1, 0.15) is 10.4 Å². The summed E-state index contributed by atoms with van der Waals surface area (Å²) < 4.78 is 18.8. The number of nitrogens with zero attached hydrogens (tertiary/aromatic N) is 1. The second-order valence-electron chi connectivity index (χ2n) is 6.03. The molecule has 4 rings (SSSR count). The number of pyridine rings is 1. The van der Waals surface area contributed by atoms with Crippen LogP contribution in [0.2, 0.25) is 0 Å². The number of ether oxygens (including phenoxy) is 1. The van der Waals surface area contributed by atoms with E-state index in [9.17, 15) is 14.0 Å². The number of anilines is 3. The molecule has 3 N–H and O–H groups in total. The minimum atomic E-state index is -0.412. The summed E-state index contributed by atoms with van der Waals surface area (Å²) in [5.74, 6) is 0.373. The zero-order chi connectivity index (χ0) is 19.5. The molecule has 2 heterocycles. The predicted molar refractivity (Wildman–Crippen MR) is 102 cm³/mol. The van der Waals surface area contributed by atoms with Crippen LogP contribution in [0.25, 0.3) is 0 Å². The number of carbonyl (C=O) groups excluding carboxylic acids is 2. The van der Waals surface area contributed by atoms with Crippen molar-refractivity contribution in [1.29, 1.82) is 0 Å². The van der Waals surface area contributed by atoms with Crippen LogP contribution in [0.15, 0.2) is 60.8 Å². The fraction of sp³-hybridized carbons (Fsp3) is 0.0500. The summed E-state index contributed by atoms with van der Waals surface area (Å²) >= 11 is 0. The molecule has 0 unspecified atom stereocenters. The maximum atomic E-state index is 13.1. The van der Waals surface area contributed by atoms with Crippen LogP contribution >= 0.6 is 0 Å². The lowest BCUT2D eigenvalue weighted by molar-refractivity contribution is -0.114. The minimum absolute atomic E-state index is 0.139. The van der Waals surface area contributed by atoms with Crippen molar-refractivity contribution in [2.75, 3.05) is 22.5 Å². The Kier molecular flexibility index (Phi) is 4.59. The largest absolute Gasteiger partial charge is 0.455 e. The molecule has 7 nitrogen and oxygen atoms in total. The Morgan fingerprint density at radius 3 is 2.75 bits per heavy atom. The van der Waals surface area contributed by atoms with Gasteiger partial charge >= 0.3 is 0 Å². The molecule has 0 spiro atoms. The number of aromatic nitrogens is 1. The Labute approximate surface area is 159 Å². The third-order valence-electron chi connectivity index (χ3n) is 4.02. The molecular formula is C20H15FN4O3. The third kappa shape index (κ3) is 3.75. The highest BCUT2D eigenvalue weighted by atomic mass is 19.1. The number of benzene rings is 2. The normalized spacial score (nSPS) is 12.4. The van der Waals surface area contributed by atoms with Gasteiger partial charge < -0.3 is 20.7 Å². The van der Waals surface area contributed by atoms with E-state index in [1.54, 1.807) is 30.3 Å². The molecule has 0 radical (unpaired) electrons. The zero-order valence-electron chi connectivity index (χ0n) is 14.5. The first-order valence-electron chi connectivity index (χ1n) is 8.46. The van der Waals surface area contributed by atoms with E-state index in [1.165, 1.54) is 30.5 Å². The van der Waals surface area contributed by atoms with Crippen LogP contribution in [0.5, 0.6) is 11.5 Å². The average Bonchev–Trinajstić information content (AvgIpc) is 2.70. The van der Waals surface area contributed by atoms with Crippen molar-refractivity contribution in [1.82, 2.24) is 4.98 Å². The molecule has 28 heavy (non-hydrogen) atoms. The maximum absolute atomic E-state index is 13.1. The van der Waals surface area contributed by atoms with E-state index >= 15 is 0 Å². The van der Waals surface area contributed by atoms with Gasteiger partial charge in [0, 0.05) is 6.20 Å². The smallest absolute Gasteiger partial charge is 0.257 e. The second kappa shape index (κ2) is 7.36. The molecule has 0 bridgehead atoms. The fourth-order valence-electron chi connectivity index (χ4n) is 2.67. The molecule has 0 aliphatic carbocycles. The van der Waals surface area contributed by atoms with Crippen molar-refractivity contribution < 1.29 is 18.7 Å². The summed E-state index contributed by atoms with van der Waals surface area (Å²) in [6.07, 6.45) is 1.42. The summed E-state index contributed by atoms with van der Waals surface area (Å²) in [4.78, 5) is 28.3. The SMILES string of the molecule is O=C1CNc2ncc(C(=O)Nc3ccccc3Oc3ccc(F)cc3)cc2N1. The summed E-state index contributed by atoms with van der Waals surface area (Å²) in [6, 6.07) is 14.0. The van der Waals surface area contributed by atoms with Gasteiger partial charge in [0.1, 0.15) is 17.4 Å². The first-order chi connectivity index (χ1) is 13.6. The van der Waals surface area contributed by atoms with Gasteiger partial charge in [0.2, 0.25) is 5.91 Å². The summed E-state index contributed by atoms with van der Waals surface area (Å²) in [5.41, 5.74) is 1.16. The molecule has 1 aliphatic rings. The third-order valence-corrected chi connectivity index (χ3v) is 4.02. The minimum Gasteiger partial charge on any atom is -0.455 e. The van der Waals surface area contributed by atoms with E-state index in [2.05, 4.69) is 20.9 Å². The van der Waals surface area contributed by atoms with E-state index in [1.807, 2.05) is 0 Å². The number of halogens is 1. The monoisotopic (exact) mass is 378 g/mol. The Bertz CT molecular complexity index is 1050. The Balaban J connectivity index is 1.54. The number of hydrogen-bond donors (Lipinski definition) is 3. The van der Waals surface area contributed by atoms with Gasteiger partial charge in [-0.3, -0.25) is 9.59 Å². The number of amides is 2. The first kappa shape index (κ1) is 17.5. The molecule has 3 aromatic rings. The average molecular weight is 378 g/mol. The number of rotatable bonds is 4. The lowest BCUT2D eigenvalue weighted by Crippen LogP contribution is -2.28. The van der Waals surface area contributed by atoms with Crippen LogP contribution in [-0.2, 0) is 4.79 Å². The van der Waals surface area contributed by atoms with Gasteiger partial charge in [-0.1, -0.05) is 12.1 Å². The number of hydrogen-bond acceptors (Lipinski definition) is 5. The maximum Gasteiger partial charge on any atom is 0.257 e. The quantitative estimate of drug-likeness (QED) is 0.645. The van der Waals surface area contributed by atoms with Gasteiger partial charge in [-0.25, -0.2) is 9.37 Å². The van der Waals surface area contributed by atoms with Crippen molar-refractivity contribution in [3.63, 3.8) is 0 Å². The Morgan fingerprint density at radius 1 is 1.14 bits per heavy atom. The molecule has 140 valence electrons. The van der Waals surface area contributed by atoms with Gasteiger partial charge in [0.25, 0.3) is 5.91 Å². The van der Waals surface area contributed by atoms with Crippen molar-refractivity contribution in [2.24, 2.45) is 0 Å². The summed E-state index contributed by atoms with van der Waals surface area (Å²) in [5, 5.41) is 8.30. The van der Waals surface area contributed by atoms with E-state index < -0.39 is 5.91 Å². The van der Waals surface area contributed by atoms with Gasteiger partial charge in [0.05, 0.1) is 23.5 Å². The highest BCUT2D eigenvalue weighted by molar-refractivity contribution is 6.07.